The lowest BCUT2D eigenvalue weighted by molar-refractivity contribution is -0.148. The number of ether oxygens (including phenoxy) is 1. The van der Waals surface area contributed by atoms with E-state index in [2.05, 4.69) is 72.6 Å². The van der Waals surface area contributed by atoms with E-state index in [-0.39, 0.29) is 28.9 Å². The van der Waals surface area contributed by atoms with Gasteiger partial charge in [-0.2, -0.15) is 5.10 Å². The van der Waals surface area contributed by atoms with E-state index in [4.69, 9.17) is 9.84 Å². The molecule has 0 aliphatic heterocycles. The highest BCUT2D eigenvalue weighted by atomic mass is 16.5. The number of fused-ring (bicyclic) bond motifs is 5. The molecule has 4 aliphatic rings. The quantitative estimate of drug-likeness (QED) is 0.216. The molecule has 6 nitrogen and oxygen atoms in total. The number of benzene rings is 2. The molecule has 0 spiro atoms. The smallest absolute Gasteiger partial charge is 0.302 e. The summed E-state index contributed by atoms with van der Waals surface area (Å²) in [5.41, 5.74) is 15.6. The largest absolute Gasteiger partial charge is 0.462 e. The van der Waals surface area contributed by atoms with Crippen LogP contribution in [0.5, 0.6) is 0 Å². The minimum absolute atomic E-state index is 0.0373. The molecule has 3 saturated carbocycles. The summed E-state index contributed by atoms with van der Waals surface area (Å²) < 4.78 is 5.64. The molecule has 0 saturated heterocycles. The number of hydrogen-bond acceptors (Lipinski definition) is 6. The van der Waals surface area contributed by atoms with E-state index in [1.54, 1.807) is 0 Å². The molecule has 0 amide bonds. The van der Waals surface area contributed by atoms with Gasteiger partial charge in [0.2, 0.25) is 0 Å². The first kappa shape index (κ1) is 26.1. The molecule has 7 atom stereocenters. The van der Waals surface area contributed by atoms with Crippen LogP contribution >= 0.6 is 0 Å². The van der Waals surface area contributed by atoms with Crippen LogP contribution in [0.2, 0.25) is 0 Å². The van der Waals surface area contributed by atoms with Gasteiger partial charge >= 0.3 is 5.97 Å². The maximum atomic E-state index is 11.6. The molecule has 4 aliphatic carbocycles. The fourth-order valence-electron chi connectivity index (χ4n) is 8.46. The van der Waals surface area contributed by atoms with Crippen LogP contribution in [0.1, 0.15) is 65.7 Å². The highest BCUT2D eigenvalue weighted by molar-refractivity contribution is 5.97. The van der Waals surface area contributed by atoms with Gasteiger partial charge in [0.05, 0.1) is 17.4 Å². The van der Waals surface area contributed by atoms with Crippen molar-refractivity contribution < 1.29 is 9.53 Å². The molecular weight excluding hydrogens is 484 g/mol. The van der Waals surface area contributed by atoms with E-state index < -0.39 is 0 Å². The molecule has 0 bridgehead atoms. The summed E-state index contributed by atoms with van der Waals surface area (Å²) in [6, 6.07) is 20.7. The van der Waals surface area contributed by atoms with Crippen molar-refractivity contribution in [2.75, 3.05) is 10.9 Å². The zero-order chi connectivity index (χ0) is 27.0. The van der Waals surface area contributed by atoms with E-state index in [0.717, 1.165) is 49.9 Å². The fourth-order valence-corrected chi connectivity index (χ4v) is 8.46. The number of allylic oxidation sites excluding steroid dienone is 1. The number of rotatable bonds is 6. The van der Waals surface area contributed by atoms with Crippen LogP contribution in [0, 0.1) is 28.6 Å². The Hall–Kier alpha value is -3.12. The molecule has 0 aromatic heterocycles. The van der Waals surface area contributed by atoms with Crippen molar-refractivity contribution in [1.82, 2.24) is 5.43 Å². The van der Waals surface area contributed by atoms with E-state index in [1.807, 2.05) is 24.3 Å². The Morgan fingerprint density at radius 1 is 0.923 bits per heavy atom. The van der Waals surface area contributed by atoms with Crippen molar-refractivity contribution in [3.05, 3.63) is 72.3 Å². The van der Waals surface area contributed by atoms with E-state index in [0.29, 0.717) is 17.8 Å². The molecule has 6 rings (SSSR count). The average molecular weight is 527 g/mol. The number of hydrazine groups is 1. The lowest BCUT2D eigenvalue weighted by Crippen LogP contribution is -2.51. The Kier molecular flexibility index (Phi) is 7.00. The zero-order valence-electron chi connectivity index (χ0n) is 23.5. The number of hydrazone groups is 1. The topological polar surface area (TPSA) is 74.8 Å². The van der Waals surface area contributed by atoms with Gasteiger partial charge in [-0.25, -0.2) is 5.43 Å². The molecule has 6 heteroatoms. The molecule has 39 heavy (non-hydrogen) atoms. The Morgan fingerprint density at radius 2 is 1.62 bits per heavy atom. The third-order valence-electron chi connectivity index (χ3n) is 10.4. The lowest BCUT2D eigenvalue weighted by Gasteiger charge is -2.57. The predicted octanol–water partition coefficient (Wildman–Crippen LogP) is 6.94. The number of anilines is 2. The second kappa shape index (κ2) is 10.5. The van der Waals surface area contributed by atoms with Crippen molar-refractivity contribution in [3.8, 4) is 0 Å². The van der Waals surface area contributed by atoms with Crippen LogP contribution in [0.4, 0.5) is 11.4 Å². The fraction of sp³-hybridized carbons (Fsp3) is 0.515. The Morgan fingerprint density at radius 3 is 2.33 bits per heavy atom. The zero-order valence-corrected chi connectivity index (χ0v) is 23.5. The Labute approximate surface area is 232 Å². The molecule has 2 aromatic carbocycles. The first-order valence-electron chi connectivity index (χ1n) is 14.7. The maximum Gasteiger partial charge on any atom is 0.302 e. The number of nitrogens with zero attached hydrogens (tertiary/aromatic N) is 1. The standard InChI is InChI=1S/C33H42N4O2/c1-22(38)39-26-16-18-32(2)23(20-26)14-15-27-28(32)17-19-33(3)29(27)21-30(36-34-24-10-6-4-7-11-24)31(33)37-35-25-12-8-5-9-13-25/h4-14,26-30,34-36H,15-21H2,1-3H3/b37-31-/t26-,27+,28-,29?,30-,32-,33-/m0/s1. The molecule has 3 fully saturated rings. The van der Waals surface area contributed by atoms with E-state index in [1.165, 1.54) is 24.6 Å². The van der Waals surface area contributed by atoms with Gasteiger partial charge in [0.25, 0.3) is 0 Å². The molecule has 206 valence electrons. The van der Waals surface area contributed by atoms with Crippen LogP contribution in [-0.2, 0) is 9.53 Å². The van der Waals surface area contributed by atoms with Crippen molar-refractivity contribution in [2.45, 2.75) is 77.9 Å². The van der Waals surface area contributed by atoms with Crippen molar-refractivity contribution >= 4 is 23.1 Å². The van der Waals surface area contributed by atoms with E-state index >= 15 is 0 Å². The Bertz CT molecular complexity index is 1240. The summed E-state index contributed by atoms with van der Waals surface area (Å²) in [7, 11) is 0. The second-order valence-electron chi connectivity index (χ2n) is 12.6. The summed E-state index contributed by atoms with van der Waals surface area (Å²) in [6.07, 6.45) is 10.1. The normalized spacial score (nSPS) is 36.2. The van der Waals surface area contributed by atoms with Gasteiger partial charge in [-0.1, -0.05) is 61.9 Å². The summed E-state index contributed by atoms with van der Waals surface area (Å²) in [6.45, 7) is 6.49. The second-order valence-corrected chi connectivity index (χ2v) is 12.6. The van der Waals surface area contributed by atoms with Crippen molar-refractivity contribution in [3.63, 3.8) is 0 Å². The third-order valence-corrected chi connectivity index (χ3v) is 10.4. The van der Waals surface area contributed by atoms with Crippen LogP contribution in [0.3, 0.4) is 0 Å². The number of carbonyl (C=O) groups excluding carboxylic acids is 1. The van der Waals surface area contributed by atoms with Crippen LogP contribution < -0.4 is 16.3 Å². The van der Waals surface area contributed by atoms with Gasteiger partial charge in [0.15, 0.2) is 0 Å². The number of carbonyl (C=O) groups is 1. The monoisotopic (exact) mass is 526 g/mol. The lowest BCUT2D eigenvalue weighted by atomic mass is 9.48. The predicted molar refractivity (Wildman–Crippen MR) is 157 cm³/mol. The molecule has 1 unspecified atom stereocenters. The van der Waals surface area contributed by atoms with Gasteiger partial charge in [-0.15, -0.1) is 0 Å². The van der Waals surface area contributed by atoms with Gasteiger partial charge in [-0.05, 0) is 86.0 Å². The maximum absolute atomic E-state index is 11.6. The number of hydrogen-bond donors (Lipinski definition) is 3. The van der Waals surface area contributed by atoms with Gasteiger partial charge in [-0.3, -0.25) is 10.2 Å². The molecule has 2 aromatic rings. The summed E-state index contributed by atoms with van der Waals surface area (Å²) in [4.78, 5) is 11.6. The first-order valence-corrected chi connectivity index (χ1v) is 14.7. The number of nitrogens with one attached hydrogen (secondary N) is 3. The minimum atomic E-state index is -0.157. The van der Waals surface area contributed by atoms with Crippen molar-refractivity contribution in [2.24, 2.45) is 33.7 Å². The molecule has 0 heterocycles. The van der Waals surface area contributed by atoms with Crippen LogP contribution in [-0.4, -0.2) is 23.8 Å². The van der Waals surface area contributed by atoms with Crippen LogP contribution in [0.25, 0.3) is 0 Å². The number of esters is 1. The minimum Gasteiger partial charge on any atom is -0.462 e. The average Bonchev–Trinajstić information content (AvgIpc) is 3.23. The number of para-hydroxylation sites is 2. The van der Waals surface area contributed by atoms with Gasteiger partial charge in [0.1, 0.15) is 6.10 Å². The summed E-state index contributed by atoms with van der Waals surface area (Å²) in [5, 5.41) is 5.12. The van der Waals surface area contributed by atoms with Crippen molar-refractivity contribution in [1.29, 1.82) is 0 Å². The van der Waals surface area contributed by atoms with Crippen LogP contribution in [0.15, 0.2) is 77.4 Å². The highest BCUT2D eigenvalue weighted by Gasteiger charge is 2.60. The van der Waals surface area contributed by atoms with E-state index in [9.17, 15) is 4.79 Å². The SMILES string of the molecule is CC(=O)O[C@H]1CC[C@@]2(C)C(=CC[C@H]3C4C[C@H](NNc5ccccc5)/C(=N/Nc5ccccc5)[C@@]4(C)CC[C@@H]32)C1. The van der Waals surface area contributed by atoms with Gasteiger partial charge < -0.3 is 10.2 Å². The molecular formula is C33H42N4O2. The summed E-state index contributed by atoms with van der Waals surface area (Å²) in [5.74, 6) is 1.70. The molecule has 3 N–H and O–H groups in total. The summed E-state index contributed by atoms with van der Waals surface area (Å²) >= 11 is 0. The molecule has 0 radical (unpaired) electrons. The third kappa shape index (κ3) is 4.88. The van der Waals surface area contributed by atoms with Gasteiger partial charge in [0, 0.05) is 24.4 Å². The Balaban J connectivity index is 1.27. The highest BCUT2D eigenvalue weighted by Crippen LogP contribution is 2.64. The first-order chi connectivity index (χ1) is 18.9.